The minimum absolute atomic E-state index is 0.0550. The fraction of sp³-hybridized carbons (Fsp3) is 0.150. The van der Waals surface area contributed by atoms with Gasteiger partial charge in [-0.2, -0.15) is 0 Å². The largest absolute Gasteiger partial charge is 0.488 e. The van der Waals surface area contributed by atoms with Crippen LogP contribution in [0, 0.1) is 10.1 Å². The second-order valence-corrected chi connectivity index (χ2v) is 7.90. The monoisotopic (exact) mass is 414 g/mol. The molecular formula is C20H15ClN2O4S. The van der Waals surface area contributed by atoms with Gasteiger partial charge in [0.2, 0.25) is 0 Å². The Labute approximate surface area is 170 Å². The van der Waals surface area contributed by atoms with Crippen molar-refractivity contribution in [1.29, 1.82) is 0 Å². The Kier molecular flexibility index (Phi) is 4.78. The Hall–Kier alpha value is -2.90. The highest BCUT2D eigenvalue weighted by Crippen LogP contribution is 2.42. The summed E-state index contributed by atoms with van der Waals surface area (Å²) in [5, 5.41) is 11.4. The van der Waals surface area contributed by atoms with Gasteiger partial charge < -0.3 is 9.64 Å². The minimum atomic E-state index is -0.480. The Balaban J connectivity index is 1.59. The number of hydrogen-bond donors (Lipinski definition) is 0. The van der Waals surface area contributed by atoms with Gasteiger partial charge in [-0.15, -0.1) is 11.3 Å². The highest BCUT2D eigenvalue weighted by atomic mass is 35.5. The fourth-order valence-electron chi connectivity index (χ4n) is 3.12. The van der Waals surface area contributed by atoms with Crippen molar-refractivity contribution in [3.05, 3.63) is 79.7 Å². The normalized spacial score (nSPS) is 11.9. The van der Waals surface area contributed by atoms with E-state index in [1.165, 1.54) is 34.4 Å². The molecule has 0 N–H and O–H groups in total. The molecule has 1 amide bonds. The van der Waals surface area contributed by atoms with Gasteiger partial charge in [-0.25, -0.2) is 0 Å². The molecule has 0 bridgehead atoms. The van der Waals surface area contributed by atoms with E-state index in [0.29, 0.717) is 22.1 Å². The first kappa shape index (κ1) is 18.5. The van der Waals surface area contributed by atoms with E-state index in [9.17, 15) is 14.9 Å². The lowest BCUT2D eigenvalue weighted by atomic mass is 10.1. The van der Waals surface area contributed by atoms with Crippen LogP contribution < -0.4 is 4.74 Å². The number of nitrogens with zero attached hydrogens (tertiary/aromatic N) is 2. The van der Waals surface area contributed by atoms with Crippen molar-refractivity contribution in [3.8, 4) is 16.2 Å². The second kappa shape index (κ2) is 7.26. The van der Waals surface area contributed by atoms with Crippen molar-refractivity contribution in [2.75, 3.05) is 7.05 Å². The molecule has 0 aliphatic carbocycles. The number of nitro groups is 1. The molecule has 0 radical (unpaired) electrons. The molecule has 3 aromatic rings. The minimum Gasteiger partial charge on any atom is -0.488 e. The number of amides is 1. The van der Waals surface area contributed by atoms with Crippen LogP contribution in [0.25, 0.3) is 10.4 Å². The van der Waals surface area contributed by atoms with Crippen LogP contribution in [0.3, 0.4) is 0 Å². The summed E-state index contributed by atoms with van der Waals surface area (Å²) in [6.45, 7) is 0.603. The van der Waals surface area contributed by atoms with E-state index in [2.05, 4.69) is 0 Å². The van der Waals surface area contributed by atoms with Gasteiger partial charge in [0, 0.05) is 46.8 Å². The molecule has 0 saturated carbocycles. The zero-order valence-corrected chi connectivity index (χ0v) is 16.4. The van der Waals surface area contributed by atoms with Crippen molar-refractivity contribution in [1.82, 2.24) is 4.90 Å². The summed E-state index contributed by atoms with van der Waals surface area (Å²) in [6.07, 6.45) is 0. The molecule has 0 unspecified atom stereocenters. The van der Waals surface area contributed by atoms with Gasteiger partial charge in [0.15, 0.2) is 0 Å². The topological polar surface area (TPSA) is 72.7 Å². The highest BCUT2D eigenvalue weighted by Gasteiger charge is 2.24. The van der Waals surface area contributed by atoms with Gasteiger partial charge in [0.25, 0.3) is 11.6 Å². The Morgan fingerprint density at radius 2 is 2.07 bits per heavy atom. The first-order chi connectivity index (χ1) is 13.4. The maximum absolute atomic E-state index is 12.9. The van der Waals surface area contributed by atoms with Crippen molar-refractivity contribution in [2.45, 2.75) is 13.2 Å². The lowest BCUT2D eigenvalue weighted by molar-refractivity contribution is -0.384. The molecule has 0 fully saturated rings. The van der Waals surface area contributed by atoms with Crippen LogP contribution in [-0.4, -0.2) is 22.8 Å². The lowest BCUT2D eigenvalue weighted by Gasteiger charge is -2.17. The van der Waals surface area contributed by atoms with Crippen molar-refractivity contribution >= 4 is 34.5 Å². The molecule has 6 nitrogen and oxygen atoms in total. The third-order valence-corrected chi connectivity index (χ3v) is 6.10. The van der Waals surface area contributed by atoms with Crippen LogP contribution >= 0.6 is 22.9 Å². The summed E-state index contributed by atoms with van der Waals surface area (Å²) >= 11 is 7.58. The van der Waals surface area contributed by atoms with Crippen LogP contribution in [0.4, 0.5) is 5.69 Å². The molecule has 1 aromatic heterocycles. The van der Waals surface area contributed by atoms with Crippen LogP contribution in [0.15, 0.2) is 48.5 Å². The average Bonchev–Trinajstić information content (AvgIpc) is 3.13. The number of halogens is 1. The van der Waals surface area contributed by atoms with Crippen LogP contribution in [0.5, 0.6) is 5.75 Å². The number of carbonyl (C=O) groups excluding carboxylic acids is 1. The van der Waals surface area contributed by atoms with Crippen LogP contribution in [0.2, 0.25) is 5.02 Å². The third-order valence-electron chi connectivity index (χ3n) is 4.53. The lowest BCUT2D eigenvalue weighted by Crippen LogP contribution is -2.25. The molecule has 2 aromatic carbocycles. The van der Waals surface area contributed by atoms with Gasteiger partial charge >= 0.3 is 0 Å². The molecule has 8 heteroatoms. The number of hydrogen-bond acceptors (Lipinski definition) is 5. The first-order valence-corrected chi connectivity index (χ1v) is 9.66. The standard InChI is InChI=1S/C20H15ClN2O4S/c1-22(10-12-8-14(23(25)26)6-7-16(12)21)20(24)18-9-13-11-27-17-5-3-2-4-15(17)19(13)28-18/h2-9H,10-11H2,1H3. The average molecular weight is 415 g/mol. The number of nitro benzene ring substituents is 1. The number of ether oxygens (including phenoxy) is 1. The highest BCUT2D eigenvalue weighted by molar-refractivity contribution is 7.17. The molecule has 4 rings (SSSR count). The zero-order chi connectivity index (χ0) is 19.8. The second-order valence-electron chi connectivity index (χ2n) is 6.44. The Bertz CT molecular complexity index is 1100. The van der Waals surface area contributed by atoms with Crippen molar-refractivity contribution in [2.24, 2.45) is 0 Å². The molecule has 0 spiro atoms. The van der Waals surface area contributed by atoms with E-state index in [1.807, 2.05) is 30.3 Å². The van der Waals surface area contributed by atoms with E-state index in [4.69, 9.17) is 16.3 Å². The van der Waals surface area contributed by atoms with Crippen molar-refractivity contribution < 1.29 is 14.5 Å². The summed E-state index contributed by atoms with van der Waals surface area (Å²) in [6, 6.07) is 13.8. The number of benzene rings is 2. The maximum atomic E-state index is 12.9. The number of rotatable bonds is 4. The SMILES string of the molecule is CN(Cc1cc([N+](=O)[O-])ccc1Cl)C(=O)c1cc2c(s1)-c1ccccc1OC2. The van der Waals surface area contributed by atoms with Crippen molar-refractivity contribution in [3.63, 3.8) is 0 Å². The van der Waals surface area contributed by atoms with E-state index < -0.39 is 4.92 Å². The van der Waals surface area contributed by atoms with Gasteiger partial charge in [-0.05, 0) is 29.8 Å². The van der Waals surface area contributed by atoms with E-state index in [1.54, 1.807) is 7.05 Å². The maximum Gasteiger partial charge on any atom is 0.269 e. The van der Waals surface area contributed by atoms with E-state index in [-0.39, 0.29) is 18.1 Å². The molecule has 142 valence electrons. The predicted octanol–water partition coefficient (Wildman–Crippen LogP) is 5.14. The van der Waals surface area contributed by atoms with Gasteiger partial charge in [0.1, 0.15) is 12.4 Å². The number of fused-ring (bicyclic) bond motifs is 3. The number of non-ortho nitro benzene ring substituents is 1. The zero-order valence-electron chi connectivity index (χ0n) is 14.8. The predicted molar refractivity (Wildman–Crippen MR) is 108 cm³/mol. The van der Waals surface area contributed by atoms with Crippen LogP contribution in [0.1, 0.15) is 20.8 Å². The summed E-state index contributed by atoms with van der Waals surface area (Å²) in [5.74, 6) is 0.645. The Morgan fingerprint density at radius 3 is 2.86 bits per heavy atom. The third kappa shape index (κ3) is 3.34. The molecule has 1 aliphatic heterocycles. The van der Waals surface area contributed by atoms with E-state index >= 15 is 0 Å². The molecule has 2 heterocycles. The summed E-state index contributed by atoms with van der Waals surface area (Å²) < 4.78 is 5.75. The Morgan fingerprint density at radius 1 is 1.29 bits per heavy atom. The number of carbonyl (C=O) groups is 1. The van der Waals surface area contributed by atoms with Gasteiger partial charge in [-0.3, -0.25) is 14.9 Å². The van der Waals surface area contributed by atoms with E-state index in [0.717, 1.165) is 21.8 Å². The first-order valence-electron chi connectivity index (χ1n) is 8.47. The smallest absolute Gasteiger partial charge is 0.269 e. The molecule has 1 aliphatic rings. The quantitative estimate of drug-likeness (QED) is 0.437. The summed E-state index contributed by atoms with van der Waals surface area (Å²) in [4.78, 5) is 26.6. The molecule has 28 heavy (non-hydrogen) atoms. The fourth-order valence-corrected chi connectivity index (χ4v) is 4.49. The van der Waals surface area contributed by atoms with Gasteiger partial charge in [-0.1, -0.05) is 23.7 Å². The van der Waals surface area contributed by atoms with Crippen LogP contribution in [-0.2, 0) is 13.2 Å². The molecular weight excluding hydrogens is 400 g/mol. The van der Waals surface area contributed by atoms with Gasteiger partial charge in [0.05, 0.1) is 9.80 Å². The number of thiophene rings is 1. The molecule has 0 atom stereocenters. The summed E-state index contributed by atoms with van der Waals surface area (Å²) in [7, 11) is 1.65. The molecule has 0 saturated heterocycles. The summed E-state index contributed by atoms with van der Waals surface area (Å²) in [5.41, 5.74) is 2.44. The number of para-hydroxylation sites is 1.